The minimum absolute atomic E-state index is 0.149. The average Bonchev–Trinajstić information content (AvgIpc) is 3.99. The van der Waals surface area contributed by atoms with Gasteiger partial charge in [-0.05, 0) is 121 Å². The fourth-order valence-electron chi connectivity index (χ4n) is 11.3. The Bertz CT molecular complexity index is 3390. The number of hydrogen-bond acceptors (Lipinski definition) is 2. The predicted octanol–water partition coefficient (Wildman–Crippen LogP) is 15.4. The third kappa shape index (κ3) is 4.32. The van der Waals surface area contributed by atoms with Crippen molar-refractivity contribution in [3.05, 3.63) is 234 Å². The standard InChI is InChI=1S/C58H39NO/c1-57(2)47-22-8-3-17-40(47)43-32-30-39(35-52(43)57)59(38-16-13-15-36(33-38)37-29-31-45-44-20-7-12-28-54(44)60-55(45)34-37)53-27-14-26-51-56(53)46-21-6-11-25-50(46)58(51)48-23-9-4-18-41(48)42-19-5-10-24-49(42)58/h3-35H,1-2H3. The van der Waals surface area contributed by atoms with Crippen LogP contribution in [0.3, 0.4) is 0 Å². The molecule has 2 heteroatoms. The Morgan fingerprint density at radius 3 is 1.68 bits per heavy atom. The van der Waals surface area contributed by atoms with Crippen LogP contribution in [0.2, 0.25) is 0 Å². The van der Waals surface area contributed by atoms with Gasteiger partial charge in [0.15, 0.2) is 0 Å². The van der Waals surface area contributed by atoms with Gasteiger partial charge in [0.05, 0.1) is 11.1 Å². The molecule has 0 amide bonds. The third-order valence-electron chi connectivity index (χ3n) is 13.9. The van der Waals surface area contributed by atoms with Gasteiger partial charge in [-0.1, -0.05) is 166 Å². The van der Waals surface area contributed by atoms with Crippen LogP contribution in [0.5, 0.6) is 0 Å². The normalized spacial score (nSPS) is 14.4. The first-order valence-corrected chi connectivity index (χ1v) is 21.0. The van der Waals surface area contributed by atoms with E-state index in [2.05, 4.69) is 207 Å². The molecule has 0 saturated carbocycles. The van der Waals surface area contributed by atoms with Gasteiger partial charge in [0.1, 0.15) is 11.2 Å². The number of para-hydroxylation sites is 1. The lowest BCUT2D eigenvalue weighted by Crippen LogP contribution is -2.26. The lowest BCUT2D eigenvalue weighted by molar-refractivity contribution is 0.660. The quantitative estimate of drug-likeness (QED) is 0.177. The van der Waals surface area contributed by atoms with Crippen molar-refractivity contribution < 1.29 is 4.42 Å². The first-order valence-electron chi connectivity index (χ1n) is 21.0. The molecule has 3 aliphatic carbocycles. The summed E-state index contributed by atoms with van der Waals surface area (Å²) < 4.78 is 6.39. The molecule has 9 aromatic carbocycles. The van der Waals surface area contributed by atoms with Crippen LogP contribution in [0.15, 0.2) is 205 Å². The highest BCUT2D eigenvalue weighted by atomic mass is 16.3. The van der Waals surface area contributed by atoms with Gasteiger partial charge in [0.25, 0.3) is 0 Å². The minimum Gasteiger partial charge on any atom is -0.456 e. The SMILES string of the molecule is CC1(C)c2ccccc2-c2ccc(N(c3cccc(-c4ccc5c(c4)oc4ccccc45)c3)c3cccc4c3-c3ccccc3C43c4ccccc4-c4ccccc43)cc21. The van der Waals surface area contributed by atoms with Gasteiger partial charge in [-0.2, -0.15) is 0 Å². The topological polar surface area (TPSA) is 16.4 Å². The number of fused-ring (bicyclic) bond motifs is 16. The number of furan rings is 1. The maximum absolute atomic E-state index is 6.39. The van der Waals surface area contributed by atoms with Crippen molar-refractivity contribution in [1.29, 1.82) is 0 Å². The molecule has 0 saturated heterocycles. The van der Waals surface area contributed by atoms with E-state index in [1.807, 2.05) is 12.1 Å². The highest BCUT2D eigenvalue weighted by Gasteiger charge is 2.52. The molecule has 0 N–H and O–H groups in total. The van der Waals surface area contributed by atoms with Crippen molar-refractivity contribution in [3.8, 4) is 44.5 Å². The largest absolute Gasteiger partial charge is 0.456 e. The monoisotopic (exact) mass is 765 g/mol. The molecule has 0 atom stereocenters. The molecule has 2 nitrogen and oxygen atoms in total. The molecule has 0 bridgehead atoms. The maximum atomic E-state index is 6.39. The molecule has 282 valence electrons. The molecule has 1 spiro atoms. The molecular weight excluding hydrogens is 727 g/mol. The summed E-state index contributed by atoms with van der Waals surface area (Å²) >= 11 is 0. The lowest BCUT2D eigenvalue weighted by Gasteiger charge is -2.32. The zero-order valence-corrected chi connectivity index (χ0v) is 33.4. The van der Waals surface area contributed by atoms with E-state index >= 15 is 0 Å². The second kappa shape index (κ2) is 12.1. The Hall–Kier alpha value is -7.42. The highest BCUT2D eigenvalue weighted by molar-refractivity contribution is 6.06. The van der Waals surface area contributed by atoms with Crippen molar-refractivity contribution >= 4 is 39.0 Å². The van der Waals surface area contributed by atoms with Crippen LogP contribution >= 0.6 is 0 Å². The molecule has 0 aliphatic heterocycles. The maximum Gasteiger partial charge on any atom is 0.136 e. The predicted molar refractivity (Wildman–Crippen MR) is 248 cm³/mol. The van der Waals surface area contributed by atoms with Gasteiger partial charge in [-0.25, -0.2) is 0 Å². The molecule has 0 unspecified atom stereocenters. The average molecular weight is 766 g/mol. The van der Waals surface area contributed by atoms with Crippen molar-refractivity contribution in [2.45, 2.75) is 24.7 Å². The van der Waals surface area contributed by atoms with Crippen molar-refractivity contribution in [1.82, 2.24) is 0 Å². The molecule has 60 heavy (non-hydrogen) atoms. The van der Waals surface area contributed by atoms with Crippen LogP contribution in [0.4, 0.5) is 17.1 Å². The summed E-state index contributed by atoms with van der Waals surface area (Å²) in [5, 5.41) is 2.28. The summed E-state index contributed by atoms with van der Waals surface area (Å²) in [4.78, 5) is 2.52. The van der Waals surface area contributed by atoms with Crippen LogP contribution in [0.25, 0.3) is 66.4 Å². The minimum atomic E-state index is -0.438. The molecule has 0 fully saturated rings. The second-order valence-corrected chi connectivity index (χ2v) is 17.2. The Morgan fingerprint density at radius 1 is 0.367 bits per heavy atom. The molecule has 0 radical (unpaired) electrons. The van der Waals surface area contributed by atoms with E-state index in [-0.39, 0.29) is 5.41 Å². The fraction of sp³-hybridized carbons (Fsp3) is 0.0690. The third-order valence-corrected chi connectivity index (χ3v) is 13.9. The van der Waals surface area contributed by atoms with E-state index in [0.717, 1.165) is 50.1 Å². The summed E-state index contributed by atoms with van der Waals surface area (Å²) in [5.74, 6) is 0. The van der Waals surface area contributed by atoms with Gasteiger partial charge in [-0.15, -0.1) is 0 Å². The van der Waals surface area contributed by atoms with Gasteiger partial charge < -0.3 is 9.32 Å². The zero-order valence-electron chi connectivity index (χ0n) is 33.4. The van der Waals surface area contributed by atoms with E-state index in [9.17, 15) is 0 Å². The second-order valence-electron chi connectivity index (χ2n) is 17.2. The summed E-state index contributed by atoms with van der Waals surface area (Å²) in [5.41, 5.74) is 22.8. The molecule has 3 aliphatic rings. The van der Waals surface area contributed by atoms with Gasteiger partial charge in [-0.3, -0.25) is 0 Å². The Kier molecular flexibility index (Phi) is 6.74. The van der Waals surface area contributed by atoms with Crippen molar-refractivity contribution in [2.75, 3.05) is 4.90 Å². The van der Waals surface area contributed by atoms with Crippen LogP contribution in [-0.2, 0) is 10.8 Å². The number of nitrogens with zero attached hydrogens (tertiary/aromatic N) is 1. The number of benzene rings is 9. The van der Waals surface area contributed by atoms with E-state index in [1.165, 1.54) is 66.8 Å². The number of hydrogen-bond donors (Lipinski definition) is 0. The number of rotatable bonds is 4. The molecule has 13 rings (SSSR count). The fourth-order valence-corrected chi connectivity index (χ4v) is 11.3. The molecular formula is C58H39NO. The summed E-state index contributed by atoms with van der Waals surface area (Å²) in [7, 11) is 0. The zero-order chi connectivity index (χ0) is 39.7. The molecule has 1 aromatic heterocycles. The highest BCUT2D eigenvalue weighted by Crippen LogP contribution is 2.65. The summed E-state index contributed by atoms with van der Waals surface area (Å²) in [6.07, 6.45) is 0. The van der Waals surface area contributed by atoms with Crippen LogP contribution < -0.4 is 4.90 Å². The smallest absolute Gasteiger partial charge is 0.136 e. The van der Waals surface area contributed by atoms with E-state index in [4.69, 9.17) is 4.42 Å². The van der Waals surface area contributed by atoms with Crippen LogP contribution in [0, 0.1) is 0 Å². The van der Waals surface area contributed by atoms with Gasteiger partial charge >= 0.3 is 0 Å². The van der Waals surface area contributed by atoms with Crippen molar-refractivity contribution in [2.24, 2.45) is 0 Å². The first-order chi connectivity index (χ1) is 29.5. The number of anilines is 3. The lowest BCUT2D eigenvalue weighted by atomic mass is 9.70. The van der Waals surface area contributed by atoms with E-state index < -0.39 is 5.41 Å². The first kappa shape index (κ1) is 33.5. The van der Waals surface area contributed by atoms with E-state index in [0.29, 0.717) is 0 Å². The van der Waals surface area contributed by atoms with E-state index in [1.54, 1.807) is 0 Å². The van der Waals surface area contributed by atoms with Crippen molar-refractivity contribution in [3.63, 3.8) is 0 Å². The Balaban J connectivity index is 1.07. The van der Waals surface area contributed by atoms with Crippen LogP contribution in [0.1, 0.15) is 47.2 Å². The Morgan fingerprint density at radius 2 is 0.917 bits per heavy atom. The molecule has 1 heterocycles. The summed E-state index contributed by atoms with van der Waals surface area (Å²) in [6, 6.07) is 74.3. The van der Waals surface area contributed by atoms with Gasteiger partial charge in [0.2, 0.25) is 0 Å². The van der Waals surface area contributed by atoms with Gasteiger partial charge in [0, 0.05) is 33.1 Å². The van der Waals surface area contributed by atoms with Crippen LogP contribution in [-0.4, -0.2) is 0 Å². The summed E-state index contributed by atoms with van der Waals surface area (Å²) in [6.45, 7) is 4.74. The Labute approximate surface area is 349 Å². The molecule has 10 aromatic rings.